The molecular weight excluding hydrogens is 236 g/mol. The number of likely N-dealkylation sites (N-methyl/N-ethyl adjacent to an activating group) is 1. The number of rotatable bonds is 4. The van der Waals surface area contributed by atoms with Crippen LogP contribution in [0.25, 0.3) is 0 Å². The number of fused-ring (bicyclic) bond motifs is 1. The molecular formula is C15H26N4. The normalized spacial score (nSPS) is 19.8. The Labute approximate surface area is 116 Å². The molecule has 1 fully saturated rings. The van der Waals surface area contributed by atoms with Crippen molar-refractivity contribution >= 4 is 0 Å². The highest BCUT2D eigenvalue weighted by molar-refractivity contribution is 5.24. The van der Waals surface area contributed by atoms with Crippen molar-refractivity contribution in [2.75, 3.05) is 20.6 Å². The van der Waals surface area contributed by atoms with Crippen LogP contribution in [0, 0.1) is 0 Å². The zero-order valence-electron chi connectivity index (χ0n) is 12.7. The van der Waals surface area contributed by atoms with Crippen molar-refractivity contribution in [1.82, 2.24) is 19.8 Å². The molecule has 0 unspecified atom stereocenters. The van der Waals surface area contributed by atoms with Gasteiger partial charge in [0.15, 0.2) is 0 Å². The summed E-state index contributed by atoms with van der Waals surface area (Å²) in [6, 6.07) is 0. The lowest BCUT2D eigenvalue weighted by molar-refractivity contribution is 0.166. The van der Waals surface area contributed by atoms with Crippen molar-refractivity contribution in [3.8, 4) is 0 Å². The Bertz CT molecular complexity index is 469. The third kappa shape index (κ3) is 2.43. The molecule has 1 aromatic rings. The molecule has 4 heteroatoms. The molecule has 2 aliphatic rings. The maximum Gasteiger partial charge on any atom is 0.112 e. The number of nitrogens with zero attached hydrogens (tertiary/aromatic N) is 3. The number of imidazole rings is 1. The zero-order valence-corrected chi connectivity index (χ0v) is 12.7. The lowest BCUT2D eigenvalue weighted by atomic mass is 10.0. The number of nitrogens with one attached hydrogen (secondary N) is 1. The van der Waals surface area contributed by atoms with Gasteiger partial charge in [-0.15, -0.1) is 0 Å². The Hall–Kier alpha value is -0.870. The van der Waals surface area contributed by atoms with E-state index < -0.39 is 0 Å². The highest BCUT2D eigenvalue weighted by Crippen LogP contribution is 2.41. The van der Waals surface area contributed by atoms with Gasteiger partial charge < -0.3 is 14.8 Å². The SMILES string of the molecule is CN(C)C(C)(C)Cn1c(C2CC2)nc2c1CCNC2. The molecule has 0 saturated heterocycles. The molecule has 1 aromatic heterocycles. The maximum absolute atomic E-state index is 4.94. The molecule has 0 spiro atoms. The predicted octanol–water partition coefficient (Wildman–Crippen LogP) is 1.75. The summed E-state index contributed by atoms with van der Waals surface area (Å²) in [5.41, 5.74) is 2.95. The molecule has 0 aromatic carbocycles. The van der Waals surface area contributed by atoms with E-state index in [1.54, 1.807) is 0 Å². The Morgan fingerprint density at radius 2 is 2.11 bits per heavy atom. The molecule has 106 valence electrons. The van der Waals surface area contributed by atoms with E-state index in [9.17, 15) is 0 Å². The molecule has 3 rings (SSSR count). The predicted molar refractivity (Wildman–Crippen MR) is 77.4 cm³/mol. The Morgan fingerprint density at radius 1 is 1.37 bits per heavy atom. The fourth-order valence-corrected chi connectivity index (χ4v) is 2.75. The second-order valence-electron chi connectivity index (χ2n) is 6.86. The first-order chi connectivity index (χ1) is 8.99. The van der Waals surface area contributed by atoms with E-state index in [0.717, 1.165) is 32.0 Å². The second kappa shape index (κ2) is 4.60. The van der Waals surface area contributed by atoms with Gasteiger partial charge in [-0.05, 0) is 40.8 Å². The van der Waals surface area contributed by atoms with Gasteiger partial charge in [0.05, 0.1) is 5.69 Å². The van der Waals surface area contributed by atoms with Gasteiger partial charge in [-0.2, -0.15) is 0 Å². The summed E-state index contributed by atoms with van der Waals surface area (Å²) < 4.78 is 2.54. The van der Waals surface area contributed by atoms with Gasteiger partial charge >= 0.3 is 0 Å². The first-order valence-electron chi connectivity index (χ1n) is 7.45. The molecule has 1 aliphatic carbocycles. The topological polar surface area (TPSA) is 33.1 Å². The summed E-state index contributed by atoms with van der Waals surface area (Å²) in [5, 5.41) is 3.44. The van der Waals surface area contributed by atoms with Crippen molar-refractivity contribution in [3.63, 3.8) is 0 Å². The minimum absolute atomic E-state index is 0.170. The van der Waals surface area contributed by atoms with Crippen LogP contribution in [-0.4, -0.2) is 40.6 Å². The zero-order chi connectivity index (χ0) is 13.6. The summed E-state index contributed by atoms with van der Waals surface area (Å²) in [4.78, 5) is 7.25. The van der Waals surface area contributed by atoms with E-state index >= 15 is 0 Å². The fraction of sp³-hybridized carbons (Fsp3) is 0.800. The van der Waals surface area contributed by atoms with Crippen LogP contribution in [0.2, 0.25) is 0 Å². The number of hydrogen-bond donors (Lipinski definition) is 1. The minimum Gasteiger partial charge on any atom is -0.330 e. The lowest BCUT2D eigenvalue weighted by Gasteiger charge is -2.34. The van der Waals surface area contributed by atoms with Gasteiger partial charge in [0.2, 0.25) is 0 Å². The summed E-state index contributed by atoms with van der Waals surface area (Å²) in [6.07, 6.45) is 3.77. The van der Waals surface area contributed by atoms with E-state index in [1.807, 2.05) is 0 Å². The van der Waals surface area contributed by atoms with Crippen molar-refractivity contribution in [2.45, 2.75) is 57.7 Å². The second-order valence-corrected chi connectivity index (χ2v) is 6.86. The van der Waals surface area contributed by atoms with Gasteiger partial charge in [-0.3, -0.25) is 0 Å². The van der Waals surface area contributed by atoms with E-state index in [1.165, 1.54) is 30.1 Å². The molecule has 0 amide bonds. The molecule has 4 nitrogen and oxygen atoms in total. The van der Waals surface area contributed by atoms with Crippen molar-refractivity contribution in [2.24, 2.45) is 0 Å². The lowest BCUT2D eigenvalue weighted by Crippen LogP contribution is -2.43. The van der Waals surface area contributed by atoms with E-state index in [2.05, 4.69) is 42.7 Å². The molecule has 0 radical (unpaired) electrons. The Balaban J connectivity index is 1.96. The number of aromatic nitrogens is 2. The van der Waals surface area contributed by atoms with Gasteiger partial charge in [0.25, 0.3) is 0 Å². The summed E-state index contributed by atoms with van der Waals surface area (Å²) in [6.45, 7) is 7.72. The molecule has 1 N–H and O–H groups in total. The summed E-state index contributed by atoms with van der Waals surface area (Å²) in [5.74, 6) is 2.08. The van der Waals surface area contributed by atoms with Crippen LogP contribution < -0.4 is 5.32 Å². The van der Waals surface area contributed by atoms with Gasteiger partial charge in [-0.1, -0.05) is 0 Å². The van der Waals surface area contributed by atoms with Crippen LogP contribution in [0.3, 0.4) is 0 Å². The van der Waals surface area contributed by atoms with E-state index in [0.29, 0.717) is 0 Å². The van der Waals surface area contributed by atoms with Crippen LogP contribution in [-0.2, 0) is 19.5 Å². The van der Waals surface area contributed by atoms with Crippen LogP contribution >= 0.6 is 0 Å². The highest BCUT2D eigenvalue weighted by atomic mass is 15.2. The molecule has 19 heavy (non-hydrogen) atoms. The number of hydrogen-bond acceptors (Lipinski definition) is 3. The van der Waals surface area contributed by atoms with E-state index in [-0.39, 0.29) is 5.54 Å². The maximum atomic E-state index is 4.94. The third-order valence-electron chi connectivity index (χ3n) is 4.71. The minimum atomic E-state index is 0.170. The standard InChI is InChI=1S/C15H26N4/c1-15(2,18(3)4)10-19-13-7-8-16-9-12(13)17-14(19)11-5-6-11/h11,16H,5-10H2,1-4H3. The molecule has 0 bridgehead atoms. The van der Waals surface area contributed by atoms with E-state index in [4.69, 9.17) is 4.98 Å². The largest absolute Gasteiger partial charge is 0.330 e. The summed E-state index contributed by atoms with van der Waals surface area (Å²) in [7, 11) is 4.34. The average Bonchev–Trinajstić information content (AvgIpc) is 3.14. The molecule has 0 atom stereocenters. The Kier molecular flexibility index (Phi) is 3.18. The highest BCUT2D eigenvalue weighted by Gasteiger charge is 2.34. The van der Waals surface area contributed by atoms with Crippen molar-refractivity contribution in [3.05, 3.63) is 17.2 Å². The first-order valence-corrected chi connectivity index (χ1v) is 7.45. The molecule has 1 aliphatic heterocycles. The smallest absolute Gasteiger partial charge is 0.112 e. The van der Waals surface area contributed by atoms with Gasteiger partial charge in [-0.25, -0.2) is 4.98 Å². The van der Waals surface area contributed by atoms with Gasteiger partial charge in [0.1, 0.15) is 5.82 Å². The molecule has 2 heterocycles. The van der Waals surface area contributed by atoms with Crippen LogP contribution in [0.15, 0.2) is 0 Å². The first kappa shape index (κ1) is 13.1. The third-order valence-corrected chi connectivity index (χ3v) is 4.71. The van der Waals surface area contributed by atoms with Crippen LogP contribution in [0.5, 0.6) is 0 Å². The van der Waals surface area contributed by atoms with Gasteiger partial charge in [0, 0.05) is 43.2 Å². The monoisotopic (exact) mass is 262 g/mol. The van der Waals surface area contributed by atoms with Crippen LogP contribution in [0.4, 0.5) is 0 Å². The average molecular weight is 262 g/mol. The quantitative estimate of drug-likeness (QED) is 0.897. The Morgan fingerprint density at radius 3 is 2.74 bits per heavy atom. The summed E-state index contributed by atoms with van der Waals surface area (Å²) >= 11 is 0. The van der Waals surface area contributed by atoms with Crippen LogP contribution in [0.1, 0.15) is 49.8 Å². The van der Waals surface area contributed by atoms with Crippen molar-refractivity contribution < 1.29 is 0 Å². The molecule has 1 saturated carbocycles. The van der Waals surface area contributed by atoms with Crippen molar-refractivity contribution in [1.29, 1.82) is 0 Å². The fourth-order valence-electron chi connectivity index (χ4n) is 2.75.